The van der Waals surface area contributed by atoms with E-state index in [1.807, 2.05) is 0 Å². The minimum absolute atomic E-state index is 0.0328. The number of hydrogen-bond acceptors (Lipinski definition) is 9. The molecule has 7 N–H and O–H groups in total. The number of carboxylic acids is 1. The molecule has 0 fully saturated rings. The van der Waals surface area contributed by atoms with E-state index in [-0.39, 0.29) is 41.9 Å². The number of rotatable bonds is 8. The Morgan fingerprint density at radius 1 is 1.23 bits per heavy atom. The molecule has 160 valence electrons. The minimum atomic E-state index is -1.25. The van der Waals surface area contributed by atoms with Gasteiger partial charge in [-0.05, 0) is 30.3 Å². The van der Waals surface area contributed by atoms with Crippen LogP contribution < -0.4 is 16.4 Å². The largest absolute Gasteiger partial charge is 0.508 e. The Bertz CT molecular complexity index is 1130. The highest BCUT2D eigenvalue weighted by Crippen LogP contribution is 2.32. The van der Waals surface area contributed by atoms with Gasteiger partial charge in [0, 0.05) is 42.3 Å². The molecule has 2 aromatic carbocycles. The molecule has 0 aliphatic heterocycles. The first kappa shape index (κ1) is 21.5. The molecule has 0 aliphatic carbocycles. The first-order valence-corrected chi connectivity index (χ1v) is 9.31. The van der Waals surface area contributed by atoms with Crippen LogP contribution in [0.2, 0.25) is 0 Å². The minimum Gasteiger partial charge on any atom is -0.508 e. The zero-order chi connectivity index (χ0) is 22.4. The van der Waals surface area contributed by atoms with Gasteiger partial charge in [0.1, 0.15) is 11.3 Å². The molecule has 1 aromatic heterocycles. The van der Waals surface area contributed by atoms with Gasteiger partial charge in [-0.1, -0.05) is 12.1 Å². The van der Waals surface area contributed by atoms with Crippen molar-refractivity contribution in [2.75, 3.05) is 36.6 Å². The lowest BCUT2D eigenvalue weighted by atomic mass is 10.1. The lowest BCUT2D eigenvalue weighted by Crippen LogP contribution is -2.14. The summed E-state index contributed by atoms with van der Waals surface area (Å²) in [5, 5.41) is 34.7. The number of phenols is 1. The summed E-state index contributed by atoms with van der Waals surface area (Å²) in [6, 6.07) is 11.2. The molecule has 0 saturated heterocycles. The summed E-state index contributed by atoms with van der Waals surface area (Å²) in [7, 11) is 1.62. The van der Waals surface area contributed by atoms with Crippen molar-refractivity contribution in [3.63, 3.8) is 0 Å². The number of aromatic nitrogens is 2. The Labute approximate surface area is 178 Å². The predicted octanol–water partition coefficient (Wildman–Crippen LogP) is 2.33. The van der Waals surface area contributed by atoms with E-state index in [9.17, 15) is 15.0 Å². The summed E-state index contributed by atoms with van der Waals surface area (Å²) < 4.78 is 0. The van der Waals surface area contributed by atoms with Gasteiger partial charge in [0.05, 0.1) is 12.3 Å². The standard InChI is InChI=1S/C21H22N6O4/c1-23-11-13-9-14(5-6-16(13)22)25-19-17(20(30)31)18(12-3-2-4-15(29)10-12)26-21(27-19)24-7-8-28/h2-6,9-11,28-29H,7-8,22H2,1H3,(H,30,31)(H2,24,25,26,27). The van der Waals surface area contributed by atoms with Crippen LogP contribution in [0.4, 0.5) is 23.1 Å². The number of aliphatic hydroxyl groups excluding tert-OH is 1. The fourth-order valence-electron chi connectivity index (χ4n) is 2.90. The molecule has 10 heteroatoms. The first-order chi connectivity index (χ1) is 14.9. The van der Waals surface area contributed by atoms with Gasteiger partial charge in [-0.2, -0.15) is 4.98 Å². The fourth-order valence-corrected chi connectivity index (χ4v) is 2.90. The molecule has 0 radical (unpaired) electrons. The van der Waals surface area contributed by atoms with E-state index in [1.54, 1.807) is 43.6 Å². The number of nitrogens with two attached hydrogens (primary N) is 1. The number of benzene rings is 2. The zero-order valence-corrected chi connectivity index (χ0v) is 16.7. The van der Waals surface area contributed by atoms with Crippen molar-refractivity contribution in [3.05, 3.63) is 53.6 Å². The van der Waals surface area contributed by atoms with Gasteiger partial charge in [0.25, 0.3) is 0 Å². The van der Waals surface area contributed by atoms with E-state index in [2.05, 4.69) is 25.6 Å². The van der Waals surface area contributed by atoms with E-state index in [4.69, 9.17) is 10.8 Å². The number of hydrogen-bond donors (Lipinski definition) is 6. The molecular formula is C21H22N6O4. The summed E-state index contributed by atoms with van der Waals surface area (Å²) in [5.74, 6) is -1.13. The predicted molar refractivity (Wildman–Crippen MR) is 119 cm³/mol. The molecule has 0 atom stereocenters. The lowest BCUT2D eigenvalue weighted by molar-refractivity contribution is 0.0698. The normalized spacial score (nSPS) is 10.9. The fraction of sp³-hybridized carbons (Fsp3) is 0.143. The molecule has 0 unspecified atom stereocenters. The number of phenolic OH excluding ortho intramolecular Hbond substituents is 1. The number of nitrogens with one attached hydrogen (secondary N) is 2. The summed E-state index contributed by atoms with van der Waals surface area (Å²) in [6.07, 6.45) is 1.59. The van der Waals surface area contributed by atoms with Crippen molar-refractivity contribution in [3.8, 4) is 17.0 Å². The monoisotopic (exact) mass is 422 g/mol. The van der Waals surface area contributed by atoms with Crippen molar-refractivity contribution in [2.45, 2.75) is 0 Å². The Morgan fingerprint density at radius 3 is 2.71 bits per heavy atom. The molecule has 0 amide bonds. The zero-order valence-electron chi connectivity index (χ0n) is 16.7. The van der Waals surface area contributed by atoms with Crippen molar-refractivity contribution in [2.24, 2.45) is 4.99 Å². The summed E-state index contributed by atoms with van der Waals surface area (Å²) in [4.78, 5) is 24.7. The Hall–Kier alpha value is -4.18. The number of carbonyl (C=O) groups is 1. The van der Waals surface area contributed by atoms with Crippen molar-refractivity contribution < 1.29 is 20.1 Å². The molecule has 3 rings (SSSR count). The quantitative estimate of drug-likeness (QED) is 0.236. The van der Waals surface area contributed by atoms with E-state index in [1.165, 1.54) is 12.1 Å². The molecule has 10 nitrogen and oxygen atoms in total. The third-order valence-corrected chi connectivity index (χ3v) is 4.26. The van der Waals surface area contributed by atoms with Crippen LogP contribution >= 0.6 is 0 Å². The van der Waals surface area contributed by atoms with E-state index < -0.39 is 5.97 Å². The van der Waals surface area contributed by atoms with Gasteiger partial charge >= 0.3 is 5.97 Å². The molecule has 1 heterocycles. The van der Waals surface area contributed by atoms with Crippen LogP contribution in [-0.2, 0) is 0 Å². The van der Waals surface area contributed by atoms with Crippen LogP contribution in [0.5, 0.6) is 5.75 Å². The number of nitrogen functional groups attached to an aromatic ring is 1. The van der Waals surface area contributed by atoms with Crippen molar-refractivity contribution >= 4 is 35.3 Å². The number of anilines is 4. The highest BCUT2D eigenvalue weighted by molar-refractivity contribution is 6.01. The van der Waals surface area contributed by atoms with Crippen molar-refractivity contribution in [1.82, 2.24) is 9.97 Å². The highest BCUT2D eigenvalue weighted by atomic mass is 16.4. The number of nitrogens with zero attached hydrogens (tertiary/aromatic N) is 3. The Morgan fingerprint density at radius 2 is 2.03 bits per heavy atom. The summed E-state index contributed by atoms with van der Waals surface area (Å²) >= 11 is 0. The molecule has 3 aromatic rings. The van der Waals surface area contributed by atoms with E-state index >= 15 is 0 Å². The lowest BCUT2D eigenvalue weighted by Gasteiger charge is -2.15. The van der Waals surface area contributed by atoms with Crippen LogP contribution in [0.1, 0.15) is 15.9 Å². The van der Waals surface area contributed by atoms with Crippen LogP contribution in [0.25, 0.3) is 11.3 Å². The topological polar surface area (TPSA) is 166 Å². The van der Waals surface area contributed by atoms with Gasteiger partial charge in [-0.3, -0.25) is 4.99 Å². The first-order valence-electron chi connectivity index (χ1n) is 9.31. The number of carboxylic acid groups (broad SMARTS) is 1. The number of aromatic carboxylic acids is 1. The Kier molecular flexibility index (Phi) is 6.63. The van der Waals surface area contributed by atoms with Crippen molar-refractivity contribution in [1.29, 1.82) is 0 Å². The average molecular weight is 422 g/mol. The molecule has 31 heavy (non-hydrogen) atoms. The molecular weight excluding hydrogens is 400 g/mol. The Balaban J connectivity index is 2.17. The third kappa shape index (κ3) is 5.06. The third-order valence-electron chi connectivity index (χ3n) is 4.26. The van der Waals surface area contributed by atoms with Gasteiger partial charge in [0.2, 0.25) is 5.95 Å². The van der Waals surface area contributed by atoms with Gasteiger partial charge < -0.3 is 31.7 Å². The maximum atomic E-state index is 12.2. The smallest absolute Gasteiger partial charge is 0.341 e. The van der Waals surface area contributed by atoms with Crippen LogP contribution in [0.3, 0.4) is 0 Å². The van der Waals surface area contributed by atoms with Crippen LogP contribution in [0, 0.1) is 0 Å². The number of aromatic hydroxyl groups is 1. The number of aliphatic imine (C=N–C) groups is 1. The SMILES string of the molecule is CN=Cc1cc(Nc2nc(NCCO)nc(-c3cccc(O)c3)c2C(=O)O)ccc1N. The van der Waals surface area contributed by atoms with Gasteiger partial charge in [-0.25, -0.2) is 9.78 Å². The van der Waals surface area contributed by atoms with E-state index in [0.717, 1.165) is 0 Å². The highest BCUT2D eigenvalue weighted by Gasteiger charge is 2.22. The maximum Gasteiger partial charge on any atom is 0.341 e. The summed E-state index contributed by atoms with van der Waals surface area (Å²) in [6.45, 7) is 0.0102. The maximum absolute atomic E-state index is 12.2. The molecule has 0 bridgehead atoms. The second kappa shape index (κ2) is 9.55. The molecule has 0 saturated carbocycles. The van der Waals surface area contributed by atoms with Gasteiger partial charge in [-0.15, -0.1) is 0 Å². The second-order valence-corrected chi connectivity index (χ2v) is 6.48. The molecule has 0 aliphatic rings. The van der Waals surface area contributed by atoms with E-state index in [0.29, 0.717) is 22.5 Å². The molecule has 0 spiro atoms. The van der Waals surface area contributed by atoms with Gasteiger partial charge in [0.15, 0.2) is 5.82 Å². The summed E-state index contributed by atoms with van der Waals surface area (Å²) in [5.41, 5.74) is 7.98. The number of aliphatic hydroxyl groups is 1. The average Bonchev–Trinajstić information content (AvgIpc) is 2.74. The van der Waals surface area contributed by atoms with Crippen LogP contribution in [-0.4, -0.2) is 57.7 Å². The second-order valence-electron chi connectivity index (χ2n) is 6.48. The van der Waals surface area contributed by atoms with Crippen LogP contribution in [0.15, 0.2) is 47.5 Å².